The van der Waals surface area contributed by atoms with Gasteiger partial charge in [-0.15, -0.1) is 0 Å². The van der Waals surface area contributed by atoms with Gasteiger partial charge in [-0.05, 0) is 37.9 Å². The molecule has 2 aliphatic rings. The molecule has 114 valence electrons. The molecule has 0 radical (unpaired) electrons. The van der Waals surface area contributed by atoms with Crippen molar-refractivity contribution in [1.29, 1.82) is 0 Å². The number of nitrogens with two attached hydrogens (primary N) is 1. The predicted molar refractivity (Wildman–Crippen MR) is 82.1 cm³/mol. The Morgan fingerprint density at radius 1 is 1.38 bits per heavy atom. The molecule has 0 saturated carbocycles. The third-order valence-corrected chi connectivity index (χ3v) is 4.41. The van der Waals surface area contributed by atoms with Gasteiger partial charge in [-0.3, -0.25) is 9.69 Å². The van der Waals surface area contributed by atoms with Gasteiger partial charge in [0.15, 0.2) is 0 Å². The summed E-state index contributed by atoms with van der Waals surface area (Å²) >= 11 is 0. The molecule has 2 saturated heterocycles. The lowest BCUT2D eigenvalue weighted by atomic mass is 10.1. The standard InChI is InChI=1S/C16H23N3O2/c17-12-3-1-4-13(11-12)21-10-7-16(20)18-14-6-9-19-8-2-5-15(14)19/h1,3-4,11,14-15H,2,5-10,17H2,(H,18,20). The Kier molecular flexibility index (Phi) is 4.29. The van der Waals surface area contributed by atoms with Crippen molar-refractivity contribution in [3.8, 4) is 5.75 Å². The van der Waals surface area contributed by atoms with Crippen molar-refractivity contribution < 1.29 is 9.53 Å². The molecule has 3 rings (SSSR count). The van der Waals surface area contributed by atoms with Gasteiger partial charge in [-0.2, -0.15) is 0 Å². The largest absolute Gasteiger partial charge is 0.493 e. The van der Waals surface area contributed by atoms with Crippen LogP contribution in [0.2, 0.25) is 0 Å². The highest BCUT2D eigenvalue weighted by Crippen LogP contribution is 2.27. The Hall–Kier alpha value is -1.75. The molecule has 5 nitrogen and oxygen atoms in total. The second kappa shape index (κ2) is 6.35. The minimum absolute atomic E-state index is 0.0812. The second-order valence-electron chi connectivity index (χ2n) is 5.88. The highest BCUT2D eigenvalue weighted by molar-refractivity contribution is 5.76. The number of carbonyl (C=O) groups excluding carboxylic acids is 1. The van der Waals surface area contributed by atoms with Crippen LogP contribution in [0.4, 0.5) is 5.69 Å². The van der Waals surface area contributed by atoms with E-state index in [2.05, 4.69) is 10.2 Å². The van der Waals surface area contributed by atoms with Gasteiger partial charge in [0.1, 0.15) is 5.75 Å². The number of amides is 1. The molecule has 1 amide bonds. The zero-order valence-corrected chi connectivity index (χ0v) is 12.3. The van der Waals surface area contributed by atoms with Crippen LogP contribution in [0.1, 0.15) is 25.7 Å². The average molecular weight is 289 g/mol. The normalized spacial score (nSPS) is 24.8. The maximum atomic E-state index is 12.0. The summed E-state index contributed by atoms with van der Waals surface area (Å²) in [6.45, 7) is 2.70. The molecule has 2 heterocycles. The van der Waals surface area contributed by atoms with Gasteiger partial charge in [0, 0.05) is 30.4 Å². The monoisotopic (exact) mass is 289 g/mol. The number of benzene rings is 1. The third kappa shape index (κ3) is 3.47. The van der Waals surface area contributed by atoms with E-state index in [0.717, 1.165) is 13.0 Å². The van der Waals surface area contributed by atoms with Crippen LogP contribution in [0.5, 0.6) is 5.75 Å². The van der Waals surface area contributed by atoms with Crippen molar-refractivity contribution >= 4 is 11.6 Å². The number of carbonyl (C=O) groups is 1. The molecule has 2 aliphatic heterocycles. The first-order valence-corrected chi connectivity index (χ1v) is 7.74. The second-order valence-corrected chi connectivity index (χ2v) is 5.88. The quantitative estimate of drug-likeness (QED) is 0.804. The SMILES string of the molecule is Nc1cccc(OCCC(=O)NC2CCN3CCCC23)c1. The number of fused-ring (bicyclic) bond motifs is 1. The molecule has 0 bridgehead atoms. The number of anilines is 1. The number of rotatable bonds is 5. The van der Waals surface area contributed by atoms with E-state index in [0.29, 0.717) is 36.5 Å². The molecule has 5 heteroatoms. The van der Waals surface area contributed by atoms with Crippen LogP contribution < -0.4 is 15.8 Å². The Morgan fingerprint density at radius 3 is 3.14 bits per heavy atom. The summed E-state index contributed by atoms with van der Waals surface area (Å²) in [5.41, 5.74) is 6.36. The maximum absolute atomic E-state index is 12.0. The van der Waals surface area contributed by atoms with Gasteiger partial charge >= 0.3 is 0 Å². The van der Waals surface area contributed by atoms with Crippen molar-refractivity contribution in [2.75, 3.05) is 25.4 Å². The fourth-order valence-corrected chi connectivity index (χ4v) is 3.40. The first-order valence-electron chi connectivity index (χ1n) is 7.74. The van der Waals surface area contributed by atoms with Crippen molar-refractivity contribution in [3.05, 3.63) is 24.3 Å². The summed E-state index contributed by atoms with van der Waals surface area (Å²) in [6.07, 6.45) is 3.94. The van der Waals surface area contributed by atoms with Gasteiger partial charge in [-0.25, -0.2) is 0 Å². The number of nitrogens with one attached hydrogen (secondary N) is 1. The van der Waals surface area contributed by atoms with Crippen LogP contribution in [0.3, 0.4) is 0 Å². The molecular formula is C16H23N3O2. The predicted octanol–water partition coefficient (Wildman–Crippen LogP) is 1.39. The molecule has 0 aliphatic carbocycles. The van der Waals surface area contributed by atoms with Crippen LogP contribution >= 0.6 is 0 Å². The Labute approximate surface area is 125 Å². The van der Waals surface area contributed by atoms with Crippen LogP contribution in [-0.4, -0.2) is 42.6 Å². The molecule has 2 fully saturated rings. The van der Waals surface area contributed by atoms with Crippen molar-refractivity contribution in [2.24, 2.45) is 0 Å². The lowest BCUT2D eigenvalue weighted by molar-refractivity contribution is -0.122. The average Bonchev–Trinajstić information content (AvgIpc) is 3.04. The van der Waals surface area contributed by atoms with Gasteiger partial charge in [0.25, 0.3) is 0 Å². The van der Waals surface area contributed by atoms with E-state index in [9.17, 15) is 4.79 Å². The summed E-state index contributed by atoms with van der Waals surface area (Å²) in [5.74, 6) is 0.795. The fourth-order valence-electron chi connectivity index (χ4n) is 3.40. The minimum atomic E-state index is 0.0812. The smallest absolute Gasteiger partial charge is 0.223 e. The number of nitrogen functional groups attached to an aromatic ring is 1. The molecule has 2 unspecified atom stereocenters. The summed E-state index contributed by atoms with van der Waals surface area (Å²) in [7, 11) is 0. The third-order valence-electron chi connectivity index (χ3n) is 4.41. The summed E-state index contributed by atoms with van der Waals surface area (Å²) in [4.78, 5) is 14.5. The Morgan fingerprint density at radius 2 is 2.29 bits per heavy atom. The minimum Gasteiger partial charge on any atom is -0.493 e. The van der Waals surface area contributed by atoms with E-state index in [4.69, 9.17) is 10.5 Å². The van der Waals surface area contributed by atoms with Crippen molar-refractivity contribution in [2.45, 2.75) is 37.8 Å². The molecule has 0 spiro atoms. The lowest BCUT2D eigenvalue weighted by Gasteiger charge is -2.21. The topological polar surface area (TPSA) is 67.6 Å². The van der Waals surface area contributed by atoms with E-state index in [1.807, 2.05) is 18.2 Å². The lowest BCUT2D eigenvalue weighted by Crippen LogP contribution is -2.42. The zero-order valence-electron chi connectivity index (χ0n) is 12.3. The maximum Gasteiger partial charge on any atom is 0.223 e. The van der Waals surface area contributed by atoms with E-state index in [-0.39, 0.29) is 5.91 Å². The van der Waals surface area contributed by atoms with Crippen molar-refractivity contribution in [1.82, 2.24) is 10.2 Å². The Balaban J connectivity index is 1.40. The molecule has 21 heavy (non-hydrogen) atoms. The first kappa shape index (κ1) is 14.2. The van der Waals surface area contributed by atoms with Crippen LogP contribution in [0, 0.1) is 0 Å². The van der Waals surface area contributed by atoms with Gasteiger partial charge in [0.2, 0.25) is 5.91 Å². The molecule has 3 N–H and O–H groups in total. The van der Waals surface area contributed by atoms with Gasteiger partial charge in [0.05, 0.1) is 13.0 Å². The summed E-state index contributed by atoms with van der Waals surface area (Å²) < 4.78 is 5.56. The van der Waals surface area contributed by atoms with Gasteiger partial charge < -0.3 is 15.8 Å². The van der Waals surface area contributed by atoms with Crippen LogP contribution in [-0.2, 0) is 4.79 Å². The number of hydrogen-bond donors (Lipinski definition) is 2. The summed E-state index contributed by atoms with van der Waals surface area (Å²) in [6, 6.07) is 8.16. The molecular weight excluding hydrogens is 266 g/mol. The first-order chi connectivity index (χ1) is 10.2. The fraction of sp³-hybridized carbons (Fsp3) is 0.562. The number of nitrogens with zero attached hydrogens (tertiary/aromatic N) is 1. The highest BCUT2D eigenvalue weighted by Gasteiger charge is 2.37. The van der Waals surface area contributed by atoms with Crippen molar-refractivity contribution in [3.63, 3.8) is 0 Å². The van der Waals surface area contributed by atoms with E-state index < -0.39 is 0 Å². The molecule has 2 atom stereocenters. The highest BCUT2D eigenvalue weighted by atomic mass is 16.5. The number of ether oxygens (including phenoxy) is 1. The molecule has 0 aromatic heterocycles. The molecule has 1 aromatic carbocycles. The summed E-state index contributed by atoms with van der Waals surface area (Å²) in [5, 5.41) is 3.16. The number of hydrogen-bond acceptors (Lipinski definition) is 4. The van der Waals surface area contributed by atoms with Gasteiger partial charge in [-0.1, -0.05) is 6.07 Å². The van der Waals surface area contributed by atoms with Crippen LogP contribution in [0.25, 0.3) is 0 Å². The van der Waals surface area contributed by atoms with E-state index in [1.54, 1.807) is 6.07 Å². The Bertz CT molecular complexity index is 506. The van der Waals surface area contributed by atoms with E-state index in [1.165, 1.54) is 19.4 Å². The van der Waals surface area contributed by atoms with Crippen LogP contribution in [0.15, 0.2) is 24.3 Å². The zero-order chi connectivity index (χ0) is 14.7. The van der Waals surface area contributed by atoms with E-state index >= 15 is 0 Å². The molecule has 1 aromatic rings.